The van der Waals surface area contributed by atoms with Gasteiger partial charge in [-0.15, -0.1) is 0 Å². The van der Waals surface area contributed by atoms with Crippen LogP contribution in [0.25, 0.3) is 0 Å². The highest BCUT2D eigenvalue weighted by molar-refractivity contribution is 5.28. The van der Waals surface area contributed by atoms with Crippen molar-refractivity contribution in [1.82, 2.24) is 5.32 Å². The maximum atomic E-state index is 9.89. The smallest absolute Gasteiger partial charge is 0.119 e. The van der Waals surface area contributed by atoms with Crippen LogP contribution in [0.1, 0.15) is 26.3 Å². The molecule has 20 heavy (non-hydrogen) atoms. The van der Waals surface area contributed by atoms with Crippen LogP contribution in [0.4, 0.5) is 0 Å². The summed E-state index contributed by atoms with van der Waals surface area (Å²) in [5, 5.41) is 22.2. The molecule has 0 aliphatic carbocycles. The molecule has 4 heteroatoms. The van der Waals surface area contributed by atoms with Gasteiger partial charge in [0.2, 0.25) is 0 Å². The molecule has 0 saturated heterocycles. The van der Waals surface area contributed by atoms with Crippen molar-refractivity contribution in [3.8, 4) is 5.75 Å². The molecule has 0 fully saturated rings. The minimum atomic E-state index is -0.590. The summed E-state index contributed by atoms with van der Waals surface area (Å²) in [6.45, 7) is 6.90. The lowest BCUT2D eigenvalue weighted by atomic mass is 10.1. The topological polar surface area (TPSA) is 61.7 Å². The number of hydrogen-bond donors (Lipinski definition) is 3. The quantitative estimate of drug-likeness (QED) is 0.643. The zero-order chi connectivity index (χ0) is 15.0. The van der Waals surface area contributed by atoms with Crippen molar-refractivity contribution in [2.24, 2.45) is 5.92 Å². The van der Waals surface area contributed by atoms with E-state index in [9.17, 15) is 10.2 Å². The van der Waals surface area contributed by atoms with E-state index >= 15 is 0 Å². The molecule has 1 aromatic rings. The van der Waals surface area contributed by atoms with Crippen molar-refractivity contribution in [3.05, 3.63) is 29.8 Å². The van der Waals surface area contributed by atoms with Crippen LogP contribution in [-0.4, -0.2) is 42.1 Å². The minimum Gasteiger partial charge on any atom is -0.491 e. The van der Waals surface area contributed by atoms with E-state index in [1.807, 2.05) is 32.0 Å². The van der Waals surface area contributed by atoms with E-state index in [1.165, 1.54) is 5.56 Å². The van der Waals surface area contributed by atoms with Gasteiger partial charge in [-0.05, 0) is 30.0 Å². The van der Waals surface area contributed by atoms with E-state index in [0.29, 0.717) is 12.5 Å². The molecular weight excluding hydrogens is 254 g/mol. The van der Waals surface area contributed by atoms with E-state index in [0.717, 1.165) is 12.2 Å². The molecule has 1 rings (SSSR count). The number of benzene rings is 1. The summed E-state index contributed by atoms with van der Waals surface area (Å²) in [6, 6.07) is 7.90. The van der Waals surface area contributed by atoms with Crippen LogP contribution >= 0.6 is 0 Å². The average Bonchev–Trinajstić information content (AvgIpc) is 2.45. The summed E-state index contributed by atoms with van der Waals surface area (Å²) in [5.41, 5.74) is 1.22. The summed E-state index contributed by atoms with van der Waals surface area (Å²) in [5.74, 6) is 1.11. The third-order valence-electron chi connectivity index (χ3n) is 3.37. The number of aryl methyl sites for hydroxylation is 1. The van der Waals surface area contributed by atoms with E-state index in [-0.39, 0.29) is 19.3 Å². The lowest BCUT2D eigenvalue weighted by Gasteiger charge is -2.22. The van der Waals surface area contributed by atoms with Crippen molar-refractivity contribution < 1.29 is 14.9 Å². The van der Waals surface area contributed by atoms with Gasteiger partial charge in [0, 0.05) is 12.6 Å². The molecule has 0 heterocycles. The maximum absolute atomic E-state index is 9.89. The Hall–Kier alpha value is -1.10. The molecule has 1 unspecified atom stereocenters. The zero-order valence-electron chi connectivity index (χ0n) is 12.7. The molecule has 114 valence electrons. The fourth-order valence-corrected chi connectivity index (χ4v) is 1.91. The lowest BCUT2D eigenvalue weighted by Crippen LogP contribution is -2.42. The molecule has 0 aliphatic rings. The van der Waals surface area contributed by atoms with E-state index < -0.39 is 6.10 Å². The van der Waals surface area contributed by atoms with Gasteiger partial charge in [-0.3, -0.25) is 0 Å². The molecule has 3 N–H and O–H groups in total. The Morgan fingerprint density at radius 1 is 1.30 bits per heavy atom. The third-order valence-corrected chi connectivity index (χ3v) is 3.37. The molecule has 4 nitrogen and oxygen atoms in total. The largest absolute Gasteiger partial charge is 0.491 e. The van der Waals surface area contributed by atoms with E-state index in [1.54, 1.807) is 0 Å². The Labute approximate surface area is 121 Å². The normalized spacial score (nSPS) is 14.3. The van der Waals surface area contributed by atoms with Crippen molar-refractivity contribution in [2.45, 2.75) is 39.3 Å². The fraction of sp³-hybridized carbons (Fsp3) is 0.625. The van der Waals surface area contributed by atoms with Gasteiger partial charge in [-0.25, -0.2) is 0 Å². The first kappa shape index (κ1) is 17.0. The molecule has 0 aromatic heterocycles. The van der Waals surface area contributed by atoms with Crippen molar-refractivity contribution in [3.63, 3.8) is 0 Å². The van der Waals surface area contributed by atoms with Crippen LogP contribution in [0.3, 0.4) is 0 Å². The first-order valence-corrected chi connectivity index (χ1v) is 7.30. The first-order valence-electron chi connectivity index (χ1n) is 7.30. The highest BCUT2D eigenvalue weighted by Gasteiger charge is 2.13. The van der Waals surface area contributed by atoms with Gasteiger partial charge in [-0.1, -0.05) is 32.9 Å². The Balaban J connectivity index is 2.33. The molecular formula is C16H27NO3. The molecule has 2 atom stereocenters. The monoisotopic (exact) mass is 281 g/mol. The van der Waals surface area contributed by atoms with E-state index in [2.05, 4.69) is 18.3 Å². The highest BCUT2D eigenvalue weighted by atomic mass is 16.5. The number of aliphatic hydroxyl groups excluding tert-OH is 2. The van der Waals surface area contributed by atoms with Gasteiger partial charge < -0.3 is 20.3 Å². The van der Waals surface area contributed by atoms with Gasteiger partial charge in [0.05, 0.1) is 6.61 Å². The molecule has 0 bridgehead atoms. The Morgan fingerprint density at radius 3 is 2.65 bits per heavy atom. The highest BCUT2D eigenvalue weighted by Crippen LogP contribution is 2.13. The Bertz CT molecular complexity index is 382. The summed E-state index contributed by atoms with van der Waals surface area (Å²) in [6.07, 6.45) is 0.376. The number of nitrogens with one attached hydrogen (secondary N) is 1. The van der Waals surface area contributed by atoms with Crippen LogP contribution in [0.5, 0.6) is 5.75 Å². The molecule has 0 saturated carbocycles. The van der Waals surface area contributed by atoms with E-state index in [4.69, 9.17) is 4.74 Å². The molecule has 0 aliphatic heterocycles. The van der Waals surface area contributed by atoms with Crippen molar-refractivity contribution in [1.29, 1.82) is 0 Å². The maximum Gasteiger partial charge on any atom is 0.119 e. The first-order chi connectivity index (χ1) is 9.56. The second-order valence-electron chi connectivity index (χ2n) is 5.41. The third kappa shape index (κ3) is 5.90. The predicted octanol–water partition coefficient (Wildman–Crippen LogP) is 1.60. The molecule has 0 radical (unpaired) electrons. The zero-order valence-corrected chi connectivity index (χ0v) is 12.7. The minimum absolute atomic E-state index is 0.00747. The number of hydrogen-bond acceptors (Lipinski definition) is 4. The average molecular weight is 281 g/mol. The van der Waals surface area contributed by atoms with Gasteiger partial charge in [0.25, 0.3) is 0 Å². The Kier molecular flexibility index (Phi) is 7.59. The predicted molar refractivity (Wildman–Crippen MR) is 81.0 cm³/mol. The standard InChI is InChI=1S/C16H27NO3/c1-4-13-6-5-7-15(8-13)20-11-14(19)9-17-16(10-18)12(2)3/h5-8,12,14,16-19H,4,9-11H2,1-3H3/t14?,16-/m1/s1. The van der Waals surface area contributed by atoms with Gasteiger partial charge >= 0.3 is 0 Å². The lowest BCUT2D eigenvalue weighted by molar-refractivity contribution is 0.0961. The summed E-state index contributed by atoms with van der Waals surface area (Å²) >= 11 is 0. The van der Waals surface area contributed by atoms with Gasteiger partial charge in [0.15, 0.2) is 0 Å². The van der Waals surface area contributed by atoms with Crippen LogP contribution in [0, 0.1) is 5.92 Å². The van der Waals surface area contributed by atoms with Crippen LogP contribution in [0.15, 0.2) is 24.3 Å². The number of aliphatic hydroxyl groups is 2. The van der Waals surface area contributed by atoms with Gasteiger partial charge in [0.1, 0.15) is 18.5 Å². The van der Waals surface area contributed by atoms with Crippen molar-refractivity contribution >= 4 is 0 Å². The second kappa shape index (κ2) is 8.95. The Morgan fingerprint density at radius 2 is 2.05 bits per heavy atom. The second-order valence-corrected chi connectivity index (χ2v) is 5.41. The summed E-state index contributed by atoms with van der Waals surface area (Å²) in [7, 11) is 0. The number of rotatable bonds is 9. The summed E-state index contributed by atoms with van der Waals surface area (Å²) < 4.78 is 5.58. The molecule has 1 aromatic carbocycles. The summed E-state index contributed by atoms with van der Waals surface area (Å²) in [4.78, 5) is 0. The van der Waals surface area contributed by atoms with Crippen LogP contribution < -0.4 is 10.1 Å². The number of ether oxygens (including phenoxy) is 1. The fourth-order valence-electron chi connectivity index (χ4n) is 1.91. The van der Waals surface area contributed by atoms with Gasteiger partial charge in [-0.2, -0.15) is 0 Å². The molecule has 0 amide bonds. The SMILES string of the molecule is CCc1cccc(OCC(O)CN[C@H](CO)C(C)C)c1. The van der Waals surface area contributed by atoms with Crippen LogP contribution in [0.2, 0.25) is 0 Å². The van der Waals surface area contributed by atoms with Crippen LogP contribution in [-0.2, 0) is 6.42 Å². The van der Waals surface area contributed by atoms with Crippen molar-refractivity contribution in [2.75, 3.05) is 19.8 Å². The molecule has 0 spiro atoms.